The average Bonchev–Trinajstić information content (AvgIpc) is 2.88. The highest BCUT2D eigenvalue weighted by Gasteiger charge is 2.35. The maximum atomic E-state index is 13.6. The van der Waals surface area contributed by atoms with E-state index in [0.717, 1.165) is 12.1 Å². The van der Waals surface area contributed by atoms with Gasteiger partial charge in [-0.3, -0.25) is 0 Å². The number of nitrogens with one attached hydrogen (secondary N) is 1. The number of carboxylic acid groups (broad SMARTS) is 1. The van der Waals surface area contributed by atoms with E-state index in [2.05, 4.69) is 24.3 Å². The minimum atomic E-state index is -1.23. The fourth-order valence-electron chi connectivity index (χ4n) is 3.10. The first-order chi connectivity index (χ1) is 9.94. The average molecular weight is 294 g/mol. The zero-order valence-electron chi connectivity index (χ0n) is 12.7. The smallest absolute Gasteiger partial charge is 0.338 e. The van der Waals surface area contributed by atoms with Crippen LogP contribution < -0.4 is 5.32 Å². The van der Waals surface area contributed by atoms with Gasteiger partial charge in [-0.1, -0.05) is 18.9 Å². The van der Waals surface area contributed by atoms with Crippen LogP contribution in [0.3, 0.4) is 0 Å². The Morgan fingerprint density at radius 2 is 2.05 bits per heavy atom. The lowest BCUT2D eigenvalue weighted by Crippen LogP contribution is -2.49. The number of carboxylic acids is 1. The molecular formula is C16H23FN2O2. The predicted molar refractivity (Wildman–Crippen MR) is 80.0 cm³/mol. The summed E-state index contributed by atoms with van der Waals surface area (Å²) >= 11 is 0. The molecular weight excluding hydrogens is 271 g/mol. The normalized spacial score (nSPS) is 17.3. The van der Waals surface area contributed by atoms with E-state index >= 15 is 0 Å². The molecule has 116 valence electrons. The standard InChI is InChI=1S/C16H23FN2O2/c1-19(2)16(7-3-4-8-16)11-18-10-12-5-6-13(15(20)21)14(17)9-12/h5-6,9,18H,3-4,7-8,10-11H2,1-2H3,(H,20,21). The molecule has 0 bridgehead atoms. The molecule has 4 nitrogen and oxygen atoms in total. The van der Waals surface area contributed by atoms with Gasteiger partial charge in [0.05, 0.1) is 5.56 Å². The quantitative estimate of drug-likeness (QED) is 0.846. The molecule has 1 saturated carbocycles. The third-order valence-electron chi connectivity index (χ3n) is 4.53. The first-order valence-corrected chi connectivity index (χ1v) is 7.34. The Labute approximate surface area is 125 Å². The SMILES string of the molecule is CN(C)C1(CNCc2ccc(C(=O)O)c(F)c2)CCCC1. The summed E-state index contributed by atoms with van der Waals surface area (Å²) in [5, 5.41) is 12.2. The summed E-state index contributed by atoms with van der Waals surface area (Å²) < 4.78 is 13.6. The Morgan fingerprint density at radius 1 is 1.38 bits per heavy atom. The zero-order valence-corrected chi connectivity index (χ0v) is 12.7. The van der Waals surface area contributed by atoms with Crippen molar-refractivity contribution in [1.29, 1.82) is 0 Å². The van der Waals surface area contributed by atoms with E-state index in [1.165, 1.54) is 37.8 Å². The van der Waals surface area contributed by atoms with Crippen molar-refractivity contribution in [3.05, 3.63) is 35.1 Å². The molecule has 0 radical (unpaired) electrons. The Morgan fingerprint density at radius 3 is 2.57 bits per heavy atom. The summed E-state index contributed by atoms with van der Waals surface area (Å²) in [4.78, 5) is 13.1. The molecule has 5 heteroatoms. The van der Waals surface area contributed by atoms with E-state index < -0.39 is 11.8 Å². The van der Waals surface area contributed by atoms with Crippen LogP contribution in [-0.2, 0) is 6.54 Å². The van der Waals surface area contributed by atoms with E-state index in [9.17, 15) is 9.18 Å². The third-order valence-corrected chi connectivity index (χ3v) is 4.53. The van der Waals surface area contributed by atoms with Crippen molar-refractivity contribution in [2.75, 3.05) is 20.6 Å². The van der Waals surface area contributed by atoms with Gasteiger partial charge in [-0.2, -0.15) is 0 Å². The fraction of sp³-hybridized carbons (Fsp3) is 0.562. The van der Waals surface area contributed by atoms with Gasteiger partial charge in [-0.05, 0) is 44.6 Å². The Balaban J connectivity index is 1.94. The van der Waals surface area contributed by atoms with Crippen LogP contribution in [0.4, 0.5) is 4.39 Å². The molecule has 0 aromatic heterocycles. The minimum Gasteiger partial charge on any atom is -0.478 e. The molecule has 0 aliphatic heterocycles. The molecule has 1 fully saturated rings. The number of hydrogen-bond acceptors (Lipinski definition) is 3. The van der Waals surface area contributed by atoms with Crippen molar-refractivity contribution in [2.45, 2.75) is 37.8 Å². The molecule has 1 aromatic rings. The molecule has 21 heavy (non-hydrogen) atoms. The predicted octanol–water partition coefficient (Wildman–Crippen LogP) is 2.49. The number of benzene rings is 1. The van der Waals surface area contributed by atoms with Crippen molar-refractivity contribution >= 4 is 5.97 Å². The Kier molecular flexibility index (Phi) is 4.96. The van der Waals surface area contributed by atoms with Gasteiger partial charge in [0.15, 0.2) is 0 Å². The Hall–Kier alpha value is -1.46. The van der Waals surface area contributed by atoms with Crippen LogP contribution >= 0.6 is 0 Å². The van der Waals surface area contributed by atoms with Crippen LogP contribution in [0.25, 0.3) is 0 Å². The highest BCUT2D eigenvalue weighted by molar-refractivity contribution is 5.87. The molecule has 1 aliphatic carbocycles. The number of hydrogen-bond donors (Lipinski definition) is 2. The number of rotatable bonds is 6. The van der Waals surface area contributed by atoms with Crippen LogP contribution in [0.15, 0.2) is 18.2 Å². The van der Waals surface area contributed by atoms with Gasteiger partial charge in [0, 0.05) is 18.6 Å². The van der Waals surface area contributed by atoms with E-state index in [1.54, 1.807) is 6.07 Å². The van der Waals surface area contributed by atoms with Crippen LogP contribution in [0.2, 0.25) is 0 Å². The molecule has 0 atom stereocenters. The summed E-state index contributed by atoms with van der Waals surface area (Å²) in [6.07, 6.45) is 4.86. The molecule has 1 aliphatic rings. The summed E-state index contributed by atoms with van der Waals surface area (Å²) in [6.45, 7) is 1.41. The lowest BCUT2D eigenvalue weighted by Gasteiger charge is -2.36. The van der Waals surface area contributed by atoms with Gasteiger partial charge in [0.25, 0.3) is 0 Å². The summed E-state index contributed by atoms with van der Waals surface area (Å²) in [5.41, 5.74) is 0.684. The minimum absolute atomic E-state index is 0.194. The molecule has 0 spiro atoms. The Bertz CT molecular complexity index is 511. The number of aromatic carboxylic acids is 1. The summed E-state index contributed by atoms with van der Waals surface area (Å²) in [6, 6.07) is 4.29. The highest BCUT2D eigenvalue weighted by Crippen LogP contribution is 2.33. The second-order valence-electron chi connectivity index (χ2n) is 6.05. The second-order valence-corrected chi connectivity index (χ2v) is 6.05. The fourth-order valence-corrected chi connectivity index (χ4v) is 3.10. The lowest BCUT2D eigenvalue weighted by molar-refractivity contribution is 0.0692. The number of halogens is 1. The summed E-state index contributed by atoms with van der Waals surface area (Å²) in [7, 11) is 4.21. The topological polar surface area (TPSA) is 52.6 Å². The molecule has 1 aromatic carbocycles. The van der Waals surface area contributed by atoms with Gasteiger partial charge in [0.2, 0.25) is 0 Å². The molecule has 2 rings (SSSR count). The number of likely N-dealkylation sites (N-methyl/N-ethyl adjacent to an activating group) is 1. The van der Waals surface area contributed by atoms with Gasteiger partial charge in [0.1, 0.15) is 5.82 Å². The molecule has 0 saturated heterocycles. The van der Waals surface area contributed by atoms with Crippen molar-refractivity contribution in [1.82, 2.24) is 10.2 Å². The summed E-state index contributed by atoms with van der Waals surface area (Å²) in [5.74, 6) is -1.91. The third kappa shape index (κ3) is 3.60. The first kappa shape index (κ1) is 15.9. The van der Waals surface area contributed by atoms with Crippen molar-refractivity contribution < 1.29 is 14.3 Å². The van der Waals surface area contributed by atoms with Gasteiger partial charge < -0.3 is 15.3 Å². The molecule has 0 heterocycles. The van der Waals surface area contributed by atoms with Gasteiger partial charge in [-0.15, -0.1) is 0 Å². The van der Waals surface area contributed by atoms with Crippen molar-refractivity contribution in [2.24, 2.45) is 0 Å². The zero-order chi connectivity index (χ0) is 15.5. The van der Waals surface area contributed by atoms with Crippen LogP contribution in [0.1, 0.15) is 41.6 Å². The second kappa shape index (κ2) is 6.54. The van der Waals surface area contributed by atoms with E-state index in [0.29, 0.717) is 6.54 Å². The lowest BCUT2D eigenvalue weighted by atomic mass is 9.96. The molecule has 2 N–H and O–H groups in total. The first-order valence-electron chi connectivity index (χ1n) is 7.34. The van der Waals surface area contributed by atoms with Crippen LogP contribution in [0, 0.1) is 5.82 Å². The largest absolute Gasteiger partial charge is 0.478 e. The van der Waals surface area contributed by atoms with Crippen molar-refractivity contribution in [3.8, 4) is 0 Å². The van der Waals surface area contributed by atoms with Crippen molar-refractivity contribution in [3.63, 3.8) is 0 Å². The van der Waals surface area contributed by atoms with Gasteiger partial charge >= 0.3 is 5.97 Å². The number of carbonyl (C=O) groups is 1. The number of nitrogens with zero attached hydrogens (tertiary/aromatic N) is 1. The molecule has 0 amide bonds. The maximum Gasteiger partial charge on any atom is 0.338 e. The highest BCUT2D eigenvalue weighted by atomic mass is 19.1. The van der Waals surface area contributed by atoms with E-state index in [-0.39, 0.29) is 11.1 Å². The van der Waals surface area contributed by atoms with E-state index in [1.807, 2.05) is 0 Å². The molecule has 0 unspecified atom stereocenters. The van der Waals surface area contributed by atoms with Crippen LogP contribution in [0.5, 0.6) is 0 Å². The maximum absolute atomic E-state index is 13.6. The van der Waals surface area contributed by atoms with Crippen LogP contribution in [-0.4, -0.2) is 42.2 Å². The van der Waals surface area contributed by atoms with Gasteiger partial charge in [-0.25, -0.2) is 9.18 Å². The monoisotopic (exact) mass is 294 g/mol. The van der Waals surface area contributed by atoms with E-state index in [4.69, 9.17) is 5.11 Å².